The summed E-state index contributed by atoms with van der Waals surface area (Å²) in [4.78, 5) is 17.5. The Bertz CT molecular complexity index is 808. The molecule has 1 amide bonds. The van der Waals surface area contributed by atoms with Gasteiger partial charge in [-0.15, -0.1) is 13.2 Å². The molecule has 0 N–H and O–H groups in total. The third-order valence-corrected chi connectivity index (χ3v) is 3.93. The monoisotopic (exact) mass is 375 g/mol. The standard InChI is InChI=1S/C16H10ClF4NO3/c17-13-6-12(25-21)5-10-8-22(15(23)14(10)13)7-9-1-3-11(4-2-9)24-16(18,19)20/h1-6H,7-8H2. The Kier molecular flexibility index (Phi) is 4.47. The second kappa shape index (κ2) is 6.44. The molecule has 0 fully saturated rings. The van der Waals surface area contributed by atoms with E-state index in [9.17, 15) is 22.5 Å². The number of fused-ring (bicyclic) bond motifs is 1. The number of amides is 1. The van der Waals surface area contributed by atoms with E-state index in [2.05, 4.69) is 9.68 Å². The van der Waals surface area contributed by atoms with Gasteiger partial charge in [0.15, 0.2) is 5.75 Å². The predicted molar refractivity (Wildman–Crippen MR) is 79.9 cm³/mol. The van der Waals surface area contributed by atoms with Crippen LogP contribution in [0.15, 0.2) is 36.4 Å². The van der Waals surface area contributed by atoms with Crippen molar-refractivity contribution >= 4 is 17.5 Å². The molecule has 1 aliphatic rings. The smallest absolute Gasteiger partial charge is 0.406 e. The number of benzene rings is 2. The summed E-state index contributed by atoms with van der Waals surface area (Å²) in [6.07, 6.45) is -4.76. The lowest BCUT2D eigenvalue weighted by atomic mass is 10.1. The van der Waals surface area contributed by atoms with Crippen molar-refractivity contribution in [3.8, 4) is 11.5 Å². The third kappa shape index (κ3) is 3.79. The molecule has 1 heterocycles. The van der Waals surface area contributed by atoms with Crippen LogP contribution in [0, 0.1) is 0 Å². The zero-order valence-electron chi connectivity index (χ0n) is 12.4. The molecule has 0 radical (unpaired) electrons. The number of carbonyl (C=O) groups excluding carboxylic acids is 1. The van der Waals surface area contributed by atoms with Gasteiger partial charge in [0.25, 0.3) is 5.91 Å². The minimum atomic E-state index is -4.76. The third-order valence-electron chi connectivity index (χ3n) is 3.63. The molecule has 4 nitrogen and oxygen atoms in total. The fraction of sp³-hybridized carbons (Fsp3) is 0.188. The summed E-state index contributed by atoms with van der Waals surface area (Å²) in [6, 6.07) is 7.76. The van der Waals surface area contributed by atoms with Crippen molar-refractivity contribution < 1.29 is 32.2 Å². The quantitative estimate of drug-likeness (QED) is 0.730. The Labute approximate surface area is 144 Å². The van der Waals surface area contributed by atoms with E-state index in [1.54, 1.807) is 0 Å². The summed E-state index contributed by atoms with van der Waals surface area (Å²) < 4.78 is 52.6. The first kappa shape index (κ1) is 17.3. The van der Waals surface area contributed by atoms with Gasteiger partial charge in [-0.2, -0.15) is 0 Å². The van der Waals surface area contributed by atoms with Crippen LogP contribution < -0.4 is 9.68 Å². The lowest BCUT2D eigenvalue weighted by Gasteiger charge is -2.16. The van der Waals surface area contributed by atoms with E-state index in [1.165, 1.54) is 41.3 Å². The second-order valence-electron chi connectivity index (χ2n) is 5.37. The Morgan fingerprint density at radius 2 is 1.80 bits per heavy atom. The number of hydrogen-bond donors (Lipinski definition) is 0. The van der Waals surface area contributed by atoms with E-state index in [-0.39, 0.29) is 41.1 Å². The molecule has 0 atom stereocenters. The molecular weight excluding hydrogens is 366 g/mol. The van der Waals surface area contributed by atoms with E-state index < -0.39 is 6.36 Å². The van der Waals surface area contributed by atoms with Gasteiger partial charge in [0, 0.05) is 23.7 Å². The minimum Gasteiger partial charge on any atom is -0.406 e. The van der Waals surface area contributed by atoms with Crippen molar-refractivity contribution in [3.05, 3.63) is 58.1 Å². The normalized spacial score (nSPS) is 13.8. The number of halogens is 5. The zero-order valence-corrected chi connectivity index (χ0v) is 13.2. The first-order valence-electron chi connectivity index (χ1n) is 7.02. The van der Waals surface area contributed by atoms with Crippen LogP contribution in [0.4, 0.5) is 17.7 Å². The topological polar surface area (TPSA) is 38.8 Å². The molecular formula is C16H10ClF4NO3. The highest BCUT2D eigenvalue weighted by Crippen LogP contribution is 2.34. The van der Waals surface area contributed by atoms with Gasteiger partial charge < -0.3 is 9.64 Å². The van der Waals surface area contributed by atoms with Gasteiger partial charge in [-0.25, -0.2) is 0 Å². The Hall–Kier alpha value is -2.48. The van der Waals surface area contributed by atoms with Crippen LogP contribution in [0.25, 0.3) is 0 Å². The fourth-order valence-corrected chi connectivity index (χ4v) is 2.93. The molecule has 0 saturated heterocycles. The maximum atomic E-state index is 12.4. The molecule has 2 aromatic rings. The number of alkyl halides is 3. The molecule has 2 aromatic carbocycles. The number of carbonyl (C=O) groups is 1. The SMILES string of the molecule is O=C1c2c(Cl)cc(OF)cc2CN1Cc1ccc(OC(F)(F)F)cc1. The van der Waals surface area contributed by atoms with Crippen LogP contribution in [0.3, 0.4) is 0 Å². The van der Waals surface area contributed by atoms with Crippen molar-refractivity contribution in [1.82, 2.24) is 4.90 Å². The van der Waals surface area contributed by atoms with E-state index in [0.29, 0.717) is 11.1 Å². The highest BCUT2D eigenvalue weighted by atomic mass is 35.5. The van der Waals surface area contributed by atoms with Crippen LogP contribution in [-0.4, -0.2) is 17.2 Å². The van der Waals surface area contributed by atoms with Crippen molar-refractivity contribution in [2.24, 2.45) is 0 Å². The van der Waals surface area contributed by atoms with Gasteiger partial charge in [0.1, 0.15) is 5.75 Å². The number of ether oxygens (including phenoxy) is 1. The molecule has 0 unspecified atom stereocenters. The van der Waals surface area contributed by atoms with Crippen LogP contribution in [0.5, 0.6) is 11.5 Å². The van der Waals surface area contributed by atoms with Gasteiger partial charge in [-0.3, -0.25) is 9.74 Å². The van der Waals surface area contributed by atoms with Crippen molar-refractivity contribution in [2.75, 3.05) is 0 Å². The van der Waals surface area contributed by atoms with Crippen LogP contribution in [0.2, 0.25) is 5.02 Å². The molecule has 25 heavy (non-hydrogen) atoms. The predicted octanol–water partition coefficient (Wildman–Crippen LogP) is 4.66. The Morgan fingerprint density at radius 3 is 2.40 bits per heavy atom. The molecule has 0 bridgehead atoms. The summed E-state index contributed by atoms with van der Waals surface area (Å²) in [5.41, 5.74) is 1.38. The molecule has 0 spiro atoms. The first-order chi connectivity index (χ1) is 11.8. The number of hydrogen-bond acceptors (Lipinski definition) is 3. The molecule has 0 aliphatic carbocycles. The maximum absolute atomic E-state index is 12.4. The Morgan fingerprint density at radius 1 is 1.12 bits per heavy atom. The second-order valence-corrected chi connectivity index (χ2v) is 5.78. The number of rotatable bonds is 4. The molecule has 0 saturated carbocycles. The molecule has 132 valence electrons. The van der Waals surface area contributed by atoms with Gasteiger partial charge in [-0.1, -0.05) is 23.7 Å². The van der Waals surface area contributed by atoms with Crippen LogP contribution in [0.1, 0.15) is 21.5 Å². The first-order valence-corrected chi connectivity index (χ1v) is 7.39. The van der Waals surface area contributed by atoms with Crippen molar-refractivity contribution in [2.45, 2.75) is 19.5 Å². The summed E-state index contributed by atoms with van der Waals surface area (Å²) >= 11 is 5.98. The average molecular weight is 376 g/mol. The van der Waals surface area contributed by atoms with E-state index in [4.69, 9.17) is 11.6 Å². The average Bonchev–Trinajstić information content (AvgIpc) is 2.84. The van der Waals surface area contributed by atoms with Gasteiger partial charge >= 0.3 is 6.36 Å². The zero-order chi connectivity index (χ0) is 18.2. The molecule has 9 heteroatoms. The summed E-state index contributed by atoms with van der Waals surface area (Å²) in [7, 11) is 0. The Balaban J connectivity index is 1.74. The van der Waals surface area contributed by atoms with E-state index in [0.717, 1.165) is 0 Å². The molecule has 3 rings (SSSR count). The number of nitrogens with zero attached hydrogens (tertiary/aromatic N) is 1. The van der Waals surface area contributed by atoms with Gasteiger partial charge in [0.05, 0.1) is 10.6 Å². The van der Waals surface area contributed by atoms with Crippen LogP contribution >= 0.6 is 11.6 Å². The highest BCUT2D eigenvalue weighted by molar-refractivity contribution is 6.34. The van der Waals surface area contributed by atoms with Gasteiger partial charge in [0.2, 0.25) is 0 Å². The molecule has 0 aromatic heterocycles. The lowest BCUT2D eigenvalue weighted by Crippen LogP contribution is -2.23. The van der Waals surface area contributed by atoms with Crippen LogP contribution in [-0.2, 0) is 13.1 Å². The van der Waals surface area contributed by atoms with Crippen molar-refractivity contribution in [3.63, 3.8) is 0 Å². The lowest BCUT2D eigenvalue weighted by molar-refractivity contribution is -0.274. The molecule has 1 aliphatic heterocycles. The summed E-state index contributed by atoms with van der Waals surface area (Å²) in [6.45, 7) is 0.341. The fourth-order valence-electron chi connectivity index (χ4n) is 2.62. The summed E-state index contributed by atoms with van der Waals surface area (Å²) in [5, 5.41) is 0.0755. The van der Waals surface area contributed by atoms with E-state index >= 15 is 0 Å². The van der Waals surface area contributed by atoms with Gasteiger partial charge in [-0.05, 0) is 29.3 Å². The van der Waals surface area contributed by atoms with Crippen molar-refractivity contribution in [1.29, 1.82) is 0 Å². The largest absolute Gasteiger partial charge is 0.573 e. The van der Waals surface area contributed by atoms with E-state index in [1.807, 2.05) is 0 Å². The minimum absolute atomic E-state index is 0.0755. The summed E-state index contributed by atoms with van der Waals surface area (Å²) in [5.74, 6) is -0.798. The maximum Gasteiger partial charge on any atom is 0.573 e. The highest BCUT2D eigenvalue weighted by Gasteiger charge is 2.32.